The predicted octanol–water partition coefficient (Wildman–Crippen LogP) is 5.65. The second-order valence-electron chi connectivity index (χ2n) is 7.45. The van der Waals surface area contributed by atoms with Crippen molar-refractivity contribution in [3.05, 3.63) is 114 Å². The second kappa shape index (κ2) is 8.32. The van der Waals surface area contributed by atoms with E-state index in [4.69, 9.17) is 16.6 Å². The Kier molecular flexibility index (Phi) is 5.22. The number of nitrogens with zero attached hydrogens (tertiary/aromatic N) is 2. The molecule has 4 aromatic rings. The molecule has 0 saturated carbocycles. The van der Waals surface area contributed by atoms with Gasteiger partial charge in [-0.2, -0.15) is 0 Å². The maximum absolute atomic E-state index is 13.3. The van der Waals surface area contributed by atoms with E-state index in [1.54, 1.807) is 18.3 Å². The molecular formula is C25H20FN3OS. The minimum Gasteiger partial charge on any atom is -0.459 e. The number of nitrogens with one attached hydrogen (secondary N) is 1. The van der Waals surface area contributed by atoms with E-state index in [-0.39, 0.29) is 17.9 Å². The fraction of sp³-hybridized carbons (Fsp3) is 0.120. The van der Waals surface area contributed by atoms with Crippen LogP contribution in [0.5, 0.6) is 0 Å². The number of hydrogen-bond donors (Lipinski definition) is 1. The minimum atomic E-state index is -0.273. The van der Waals surface area contributed by atoms with E-state index in [0.717, 1.165) is 22.6 Å². The molecule has 4 nitrogen and oxygen atoms in total. The van der Waals surface area contributed by atoms with Crippen LogP contribution < -0.4 is 5.32 Å². The highest BCUT2D eigenvalue weighted by Gasteiger charge is 2.41. The lowest BCUT2D eigenvalue weighted by Gasteiger charge is -2.26. The lowest BCUT2D eigenvalue weighted by Crippen LogP contribution is -2.29. The third-order valence-corrected chi connectivity index (χ3v) is 5.79. The summed E-state index contributed by atoms with van der Waals surface area (Å²) >= 11 is 5.71. The van der Waals surface area contributed by atoms with Gasteiger partial charge in [0, 0.05) is 18.3 Å². The second-order valence-corrected chi connectivity index (χ2v) is 7.84. The van der Waals surface area contributed by atoms with Crippen molar-refractivity contribution in [1.82, 2.24) is 15.2 Å². The Morgan fingerprint density at radius 3 is 2.45 bits per heavy atom. The lowest BCUT2D eigenvalue weighted by atomic mass is 10.0. The summed E-state index contributed by atoms with van der Waals surface area (Å²) in [5.74, 6) is 1.19. The summed E-state index contributed by atoms with van der Waals surface area (Å²) in [5, 5.41) is 4.09. The Morgan fingerprint density at radius 1 is 0.935 bits per heavy atom. The quantitative estimate of drug-likeness (QED) is 0.415. The van der Waals surface area contributed by atoms with Gasteiger partial charge in [0.25, 0.3) is 0 Å². The first-order valence-corrected chi connectivity index (χ1v) is 10.5. The highest BCUT2D eigenvalue weighted by Crippen LogP contribution is 2.41. The van der Waals surface area contributed by atoms with Crippen molar-refractivity contribution < 1.29 is 8.81 Å². The van der Waals surface area contributed by atoms with Crippen LogP contribution in [-0.4, -0.2) is 15.0 Å². The van der Waals surface area contributed by atoms with E-state index in [2.05, 4.69) is 27.3 Å². The van der Waals surface area contributed by atoms with Gasteiger partial charge < -0.3 is 14.6 Å². The number of hydrogen-bond acceptors (Lipinski definition) is 3. The topological polar surface area (TPSA) is 41.3 Å². The zero-order chi connectivity index (χ0) is 21.2. The zero-order valence-corrected chi connectivity index (χ0v) is 17.4. The SMILES string of the molecule is Fc1ccc(-c2ccc(C3C(c4ccccn4)NC(=S)N3Cc3ccccc3)o2)cc1. The van der Waals surface area contributed by atoms with E-state index in [0.29, 0.717) is 17.4 Å². The fourth-order valence-electron chi connectivity index (χ4n) is 3.95. The van der Waals surface area contributed by atoms with Crippen molar-refractivity contribution in [2.45, 2.75) is 18.6 Å². The number of benzene rings is 2. The molecule has 1 fully saturated rings. The van der Waals surface area contributed by atoms with E-state index < -0.39 is 0 Å². The van der Waals surface area contributed by atoms with Crippen LogP contribution in [0.25, 0.3) is 11.3 Å². The maximum atomic E-state index is 13.3. The Hall–Kier alpha value is -3.51. The normalized spacial score (nSPS) is 18.2. The molecule has 31 heavy (non-hydrogen) atoms. The van der Waals surface area contributed by atoms with Crippen LogP contribution >= 0.6 is 12.2 Å². The van der Waals surface area contributed by atoms with Gasteiger partial charge in [-0.25, -0.2) is 4.39 Å². The maximum Gasteiger partial charge on any atom is 0.170 e. The summed E-state index contributed by atoms with van der Waals surface area (Å²) < 4.78 is 19.6. The number of rotatable bonds is 5. The minimum absolute atomic E-state index is 0.148. The Bertz CT molecular complexity index is 1180. The predicted molar refractivity (Wildman–Crippen MR) is 122 cm³/mol. The Morgan fingerprint density at radius 2 is 1.71 bits per heavy atom. The third kappa shape index (κ3) is 3.94. The van der Waals surface area contributed by atoms with Crippen molar-refractivity contribution in [2.75, 3.05) is 0 Å². The Labute approximate surface area is 185 Å². The van der Waals surface area contributed by atoms with Crippen LogP contribution in [0, 0.1) is 5.82 Å². The van der Waals surface area contributed by atoms with Gasteiger partial charge in [-0.1, -0.05) is 36.4 Å². The molecule has 2 unspecified atom stereocenters. The molecule has 1 saturated heterocycles. The van der Waals surface area contributed by atoms with E-state index in [1.807, 2.05) is 48.5 Å². The van der Waals surface area contributed by atoms with E-state index in [1.165, 1.54) is 12.1 Å². The first kappa shape index (κ1) is 19.5. The van der Waals surface area contributed by atoms with Crippen LogP contribution in [0.3, 0.4) is 0 Å². The van der Waals surface area contributed by atoms with Gasteiger partial charge in [0.05, 0.1) is 11.7 Å². The molecule has 2 atom stereocenters. The summed E-state index contributed by atoms with van der Waals surface area (Å²) in [6, 6.07) is 25.9. The van der Waals surface area contributed by atoms with Gasteiger partial charge in [-0.3, -0.25) is 4.98 Å². The first-order chi connectivity index (χ1) is 15.2. The average Bonchev–Trinajstić information content (AvgIpc) is 3.41. The number of pyridine rings is 1. The molecule has 0 bridgehead atoms. The van der Waals surface area contributed by atoms with Gasteiger partial charge in [-0.05, 0) is 66.3 Å². The van der Waals surface area contributed by atoms with Crippen molar-refractivity contribution in [3.63, 3.8) is 0 Å². The van der Waals surface area contributed by atoms with Gasteiger partial charge in [0.15, 0.2) is 5.11 Å². The van der Waals surface area contributed by atoms with Crippen LogP contribution in [0.15, 0.2) is 95.5 Å². The monoisotopic (exact) mass is 429 g/mol. The summed E-state index contributed by atoms with van der Waals surface area (Å²) in [5.41, 5.74) is 2.87. The molecule has 1 aliphatic rings. The number of furan rings is 1. The molecular weight excluding hydrogens is 409 g/mol. The van der Waals surface area contributed by atoms with Gasteiger partial charge in [-0.15, -0.1) is 0 Å². The molecule has 3 heterocycles. The van der Waals surface area contributed by atoms with Crippen LogP contribution in [-0.2, 0) is 6.54 Å². The zero-order valence-electron chi connectivity index (χ0n) is 16.6. The molecule has 6 heteroatoms. The highest BCUT2D eigenvalue weighted by atomic mass is 32.1. The molecule has 1 N–H and O–H groups in total. The fourth-order valence-corrected chi connectivity index (χ4v) is 4.25. The smallest absolute Gasteiger partial charge is 0.170 e. The number of halogens is 1. The molecule has 0 aliphatic carbocycles. The molecule has 0 spiro atoms. The number of thiocarbonyl (C=S) groups is 1. The highest BCUT2D eigenvalue weighted by molar-refractivity contribution is 7.80. The molecule has 5 rings (SSSR count). The summed E-state index contributed by atoms with van der Waals surface area (Å²) in [7, 11) is 0. The van der Waals surface area contributed by atoms with Crippen molar-refractivity contribution >= 4 is 17.3 Å². The molecule has 1 aliphatic heterocycles. The van der Waals surface area contributed by atoms with Gasteiger partial charge in [0.1, 0.15) is 23.4 Å². The largest absolute Gasteiger partial charge is 0.459 e. The van der Waals surface area contributed by atoms with Crippen LogP contribution in [0.2, 0.25) is 0 Å². The van der Waals surface area contributed by atoms with Gasteiger partial charge in [0.2, 0.25) is 0 Å². The van der Waals surface area contributed by atoms with Crippen LogP contribution in [0.4, 0.5) is 4.39 Å². The molecule has 0 amide bonds. The molecule has 2 aromatic carbocycles. The first-order valence-electron chi connectivity index (χ1n) is 10.1. The van der Waals surface area contributed by atoms with Crippen molar-refractivity contribution in [1.29, 1.82) is 0 Å². The summed E-state index contributed by atoms with van der Waals surface area (Å²) in [6.07, 6.45) is 1.78. The van der Waals surface area contributed by atoms with E-state index >= 15 is 0 Å². The Balaban J connectivity index is 1.53. The standard InChI is InChI=1S/C25H20FN3OS/c26-19-11-9-18(10-12-19)21-13-14-22(30-21)24-23(20-8-4-5-15-27-20)28-25(31)29(24)16-17-6-2-1-3-7-17/h1-15,23-24H,16H2,(H,28,31). The van der Waals surface area contributed by atoms with Crippen LogP contribution in [0.1, 0.15) is 29.1 Å². The molecule has 0 radical (unpaired) electrons. The van der Waals surface area contributed by atoms with E-state index in [9.17, 15) is 4.39 Å². The molecule has 154 valence electrons. The number of aromatic nitrogens is 1. The lowest BCUT2D eigenvalue weighted by molar-refractivity contribution is 0.269. The molecule has 2 aromatic heterocycles. The van der Waals surface area contributed by atoms with Gasteiger partial charge >= 0.3 is 0 Å². The average molecular weight is 430 g/mol. The summed E-state index contributed by atoms with van der Waals surface area (Å²) in [4.78, 5) is 6.69. The third-order valence-electron chi connectivity index (χ3n) is 5.44. The summed E-state index contributed by atoms with van der Waals surface area (Å²) in [6.45, 7) is 0.646. The van der Waals surface area contributed by atoms with Crippen molar-refractivity contribution in [2.24, 2.45) is 0 Å². The van der Waals surface area contributed by atoms with Crippen molar-refractivity contribution in [3.8, 4) is 11.3 Å².